The third-order valence-corrected chi connectivity index (χ3v) is 18.4. The average molecular weight is 2010 g/mol. The van der Waals surface area contributed by atoms with Gasteiger partial charge in [-0.25, -0.2) is 9.59 Å². The number of rotatable bonds is 61. The first kappa shape index (κ1) is 112. The van der Waals surface area contributed by atoms with Gasteiger partial charge in [0.15, 0.2) is 23.1 Å². The molecule has 13 N–H and O–H groups in total. The number of ether oxygens (including phenoxy) is 11. The first-order chi connectivity index (χ1) is 60.0. The van der Waals surface area contributed by atoms with Gasteiger partial charge in [-0.2, -0.15) is 0 Å². The number of carboxylic acid groups (broad SMARTS) is 2. The minimum absolute atomic E-state index is 0.00855. The standard InChI is InChI=1S/C51H75IN4O15.C37H50IN5O13/c1-34(46(62)69-49(2,3)4)29-43(59)53-19-23-67-27-25-65-21-11-13-41(57)36-30-37(32-39(31-36)55-45(61)35-15-17-38(52)18-16-35)42(58)14-12-22-66-26-28-68-24-20-54-44(60)33-40(47(63)70-50(5,6)7)56-48(64)71-51(8,9)10;38-27-7-5-24(6-8-27)35(48)43-28-20-25(31(44)3-1-11-53-15-17-55-13-9-41-33(46)22-29(39)36(49)50)19-26(21-28)32(45)4-2-12-54-16-18-56-14-10-42-34(47)23-30(40)37(51)52/h15-18,30-32,34,40H,11-14,19-29,33H2,1-10H3,(H,53,59)(H,54,60)(H,55,61)(H,56,64);5-8,19-21,29-30H,1-4,9-18,22-23,39-40H2,(H,41,46)(H,42,47)(H,43,48)(H,49,50)(H,51,52)/t34-,40-;29-,30-/m00/s1. The van der Waals surface area contributed by atoms with E-state index in [0.29, 0.717) is 48.2 Å². The highest BCUT2D eigenvalue weighted by atomic mass is 127. The van der Waals surface area contributed by atoms with Crippen LogP contribution in [0, 0.1) is 13.1 Å². The summed E-state index contributed by atoms with van der Waals surface area (Å²) < 4.78 is 62.0. The van der Waals surface area contributed by atoms with Crippen molar-refractivity contribution in [1.82, 2.24) is 26.6 Å². The molecule has 7 amide bonds. The van der Waals surface area contributed by atoms with Gasteiger partial charge in [0.05, 0.1) is 104 Å². The van der Waals surface area contributed by atoms with Gasteiger partial charge >= 0.3 is 30.0 Å². The maximum atomic E-state index is 13.4. The summed E-state index contributed by atoms with van der Waals surface area (Å²) in [6, 6.07) is 19.3. The van der Waals surface area contributed by atoms with E-state index in [1.807, 2.05) is 0 Å². The molecule has 0 radical (unpaired) electrons. The van der Waals surface area contributed by atoms with Crippen LogP contribution in [0.15, 0.2) is 84.9 Å². The van der Waals surface area contributed by atoms with Crippen molar-refractivity contribution in [2.24, 2.45) is 17.4 Å². The predicted octanol–water partition coefficient (Wildman–Crippen LogP) is 8.13. The number of Topliss-reactive ketones (excluding diaryl/α,β-unsaturated/α-hetero) is 4. The summed E-state index contributed by atoms with van der Waals surface area (Å²) in [7, 11) is 0. The molecule has 0 aromatic heterocycles. The molecular weight excluding hydrogens is 1880 g/mol. The average Bonchev–Trinajstić information content (AvgIpc) is 0.830. The number of carbonyl (C=O) groups is 15. The molecule has 0 fully saturated rings. The number of hydrogen-bond acceptors (Lipinski definition) is 28. The van der Waals surface area contributed by atoms with Gasteiger partial charge in [0.2, 0.25) is 23.6 Å². The van der Waals surface area contributed by atoms with Crippen LogP contribution in [0.25, 0.3) is 0 Å². The molecule has 37 nitrogen and oxygen atoms in total. The number of halogens is 2. The lowest BCUT2D eigenvalue weighted by Gasteiger charge is -2.26. The fourth-order valence-electron chi connectivity index (χ4n) is 10.7. The third kappa shape index (κ3) is 53.2. The van der Waals surface area contributed by atoms with E-state index in [0.717, 1.165) is 7.14 Å². The van der Waals surface area contributed by atoms with Crippen LogP contribution in [0.4, 0.5) is 16.2 Å². The molecule has 0 aliphatic carbocycles. The number of esters is 2. The number of anilines is 2. The van der Waals surface area contributed by atoms with Crippen LogP contribution in [-0.2, 0) is 90.5 Å². The largest absolute Gasteiger partial charge is 0.480 e. The zero-order valence-electron chi connectivity index (χ0n) is 73.9. The number of aliphatic carboxylic acids is 2. The Morgan fingerprint density at radius 2 is 0.614 bits per heavy atom. The molecule has 39 heteroatoms. The first-order valence-electron chi connectivity index (χ1n) is 41.7. The van der Waals surface area contributed by atoms with Crippen LogP contribution in [0.5, 0.6) is 0 Å². The van der Waals surface area contributed by atoms with Gasteiger partial charge in [-0.05, 0) is 218 Å². The molecule has 127 heavy (non-hydrogen) atoms. The van der Waals surface area contributed by atoms with Crippen molar-refractivity contribution in [3.8, 4) is 0 Å². The highest BCUT2D eigenvalue weighted by Gasteiger charge is 2.32. The van der Waals surface area contributed by atoms with Gasteiger partial charge in [-0.3, -0.25) is 62.3 Å². The van der Waals surface area contributed by atoms with E-state index >= 15 is 0 Å². The number of alkyl carbamates (subject to hydrolysis) is 1. The number of nitrogens with two attached hydrogens (primary N) is 2. The SMILES string of the molecule is C[C@@H](CC(=O)NCCOCCOCCCC(=O)c1cc(NC(=O)c2ccc(I)cc2)cc(C(=O)CCCOCCOCCNC(=O)C[C@H](NC(=O)OC(C)(C)C)C(=O)OC(C)(C)C)c1)C(=O)OC(C)(C)C.N[C@@H](CC(=O)NCCOCCOCCCC(=O)c1cc(NC(=O)c2ccc(I)cc2)cc(C(=O)CCCOCCOCCNC(=O)C[C@H](N)C(=O)O)c1)C(=O)O. The van der Waals surface area contributed by atoms with Crippen LogP contribution in [0.3, 0.4) is 0 Å². The fraction of sp³-hybridized carbons (Fsp3) is 0.557. The van der Waals surface area contributed by atoms with Crippen LogP contribution < -0.4 is 48.7 Å². The van der Waals surface area contributed by atoms with Crippen molar-refractivity contribution < 1.29 is 134 Å². The number of hydrogen-bond donors (Lipinski definition) is 11. The Morgan fingerprint density at radius 1 is 0.346 bits per heavy atom. The van der Waals surface area contributed by atoms with Crippen LogP contribution in [-0.4, -0.2) is 266 Å². The predicted molar refractivity (Wildman–Crippen MR) is 484 cm³/mol. The maximum absolute atomic E-state index is 13.4. The van der Waals surface area contributed by atoms with Crippen molar-refractivity contribution in [3.05, 3.63) is 125 Å². The van der Waals surface area contributed by atoms with Crippen molar-refractivity contribution in [1.29, 1.82) is 0 Å². The summed E-state index contributed by atoms with van der Waals surface area (Å²) in [5.74, 6) is -7.82. The van der Waals surface area contributed by atoms with Crippen LogP contribution >= 0.6 is 45.2 Å². The number of benzene rings is 4. The van der Waals surface area contributed by atoms with E-state index in [1.165, 1.54) is 24.3 Å². The molecule has 0 bridgehead atoms. The first-order valence-corrected chi connectivity index (χ1v) is 43.8. The highest BCUT2D eigenvalue weighted by Crippen LogP contribution is 2.24. The summed E-state index contributed by atoms with van der Waals surface area (Å²) in [6.07, 6.45) is 0.131. The molecule has 0 spiro atoms. The van der Waals surface area contributed by atoms with Gasteiger partial charge < -0.3 is 111 Å². The smallest absolute Gasteiger partial charge is 0.408 e. The summed E-state index contributed by atoms with van der Waals surface area (Å²) in [4.78, 5) is 186. The molecule has 4 aromatic rings. The van der Waals surface area contributed by atoms with Crippen molar-refractivity contribution in [3.63, 3.8) is 0 Å². The highest BCUT2D eigenvalue weighted by molar-refractivity contribution is 14.1. The molecule has 0 saturated carbocycles. The molecule has 0 aliphatic rings. The quantitative estimate of drug-likeness (QED) is 0.00653. The number of carbonyl (C=O) groups excluding carboxylic acids is 13. The second-order valence-corrected chi connectivity index (χ2v) is 34.3. The lowest BCUT2D eigenvalue weighted by Crippen LogP contribution is -2.48. The summed E-state index contributed by atoms with van der Waals surface area (Å²) in [6.45, 7) is 21.5. The number of amides is 7. The Kier molecular flexibility index (Phi) is 53.8. The van der Waals surface area contributed by atoms with Crippen LogP contribution in [0.1, 0.15) is 208 Å². The molecule has 4 rings (SSSR count). The molecule has 4 atom stereocenters. The Bertz CT molecular complexity index is 4110. The van der Waals surface area contributed by atoms with Gasteiger partial charge in [0.25, 0.3) is 11.8 Å². The monoisotopic (exact) mass is 2010 g/mol. The zero-order chi connectivity index (χ0) is 94.5. The van der Waals surface area contributed by atoms with E-state index in [9.17, 15) is 71.9 Å². The molecule has 0 unspecified atom stereocenters. The topological polar surface area (TPSA) is 534 Å². The maximum Gasteiger partial charge on any atom is 0.408 e. The minimum Gasteiger partial charge on any atom is -0.480 e. The van der Waals surface area contributed by atoms with Crippen molar-refractivity contribution >= 4 is 145 Å². The fourth-order valence-corrected chi connectivity index (χ4v) is 11.5. The number of ketones is 4. The van der Waals surface area contributed by atoms with Crippen molar-refractivity contribution in [2.75, 3.05) is 143 Å². The molecule has 704 valence electrons. The molecule has 0 saturated heterocycles. The molecule has 0 aliphatic heterocycles. The van der Waals surface area contributed by atoms with Gasteiger partial charge in [-0.1, -0.05) is 6.92 Å². The Hall–Kier alpha value is -9.41. The van der Waals surface area contributed by atoms with E-state index in [2.05, 4.69) is 82.4 Å². The van der Waals surface area contributed by atoms with Crippen LogP contribution in [0.2, 0.25) is 0 Å². The lowest BCUT2D eigenvalue weighted by molar-refractivity contribution is -0.160. The molecular formula is C88H125I2N9O28. The zero-order valence-corrected chi connectivity index (χ0v) is 78.3. The van der Waals surface area contributed by atoms with Gasteiger partial charge in [-0.15, -0.1) is 0 Å². The van der Waals surface area contributed by atoms with Gasteiger partial charge in [0.1, 0.15) is 34.9 Å². The second kappa shape index (κ2) is 61.2. The van der Waals surface area contributed by atoms with Gasteiger partial charge in [0, 0.05) is 137 Å². The second-order valence-electron chi connectivity index (χ2n) is 31.8. The molecule has 4 aromatic carbocycles. The Morgan fingerprint density at radius 3 is 0.898 bits per heavy atom. The third-order valence-electron chi connectivity index (χ3n) is 16.9. The molecule has 0 heterocycles. The number of carboxylic acids is 2. The van der Waals surface area contributed by atoms with Crippen molar-refractivity contribution in [2.45, 2.75) is 181 Å². The number of nitrogens with one attached hydrogen (secondary N) is 7. The Labute approximate surface area is 767 Å². The van der Waals surface area contributed by atoms with E-state index in [4.69, 9.17) is 73.8 Å². The normalized spacial score (nSPS) is 12.3. The van der Waals surface area contributed by atoms with E-state index < -0.39 is 100 Å². The summed E-state index contributed by atoms with van der Waals surface area (Å²) >= 11 is 4.27. The van der Waals surface area contributed by atoms with E-state index in [-0.39, 0.29) is 235 Å². The lowest BCUT2D eigenvalue weighted by atomic mass is 9.99. The summed E-state index contributed by atoms with van der Waals surface area (Å²) in [5.41, 5.74) is 10.8. The Balaban J connectivity index is 0.000000674. The summed E-state index contributed by atoms with van der Waals surface area (Å²) in [5, 5.41) is 35.9. The minimum atomic E-state index is -1.27. The van der Waals surface area contributed by atoms with E-state index in [1.54, 1.807) is 130 Å².